The number of esters is 1. The minimum absolute atomic E-state index is 0.0204. The molecular formula is C29H26ClIN2O6S. The van der Waals surface area contributed by atoms with Crippen molar-refractivity contribution in [2.75, 3.05) is 14.2 Å². The zero-order valence-electron chi connectivity index (χ0n) is 21.7. The molecule has 11 heteroatoms. The van der Waals surface area contributed by atoms with E-state index in [4.69, 9.17) is 20.8 Å². The molecule has 3 aromatic carbocycles. The summed E-state index contributed by atoms with van der Waals surface area (Å²) in [6.45, 7) is 0.0204. The molecule has 0 radical (unpaired) electrons. The van der Waals surface area contributed by atoms with Crippen LogP contribution in [0.4, 0.5) is 0 Å². The number of fused-ring (bicyclic) bond motifs is 1. The lowest BCUT2D eigenvalue weighted by atomic mass is 9.98. The van der Waals surface area contributed by atoms with Crippen LogP contribution >= 0.6 is 34.2 Å². The maximum atomic E-state index is 13.2. The summed E-state index contributed by atoms with van der Waals surface area (Å²) in [7, 11) is -0.902. The first-order valence-electron chi connectivity index (χ1n) is 12.5. The zero-order valence-corrected chi connectivity index (χ0v) is 25.4. The molecule has 2 N–H and O–H groups in total. The summed E-state index contributed by atoms with van der Waals surface area (Å²) in [6, 6.07) is 15.8. The van der Waals surface area contributed by atoms with E-state index in [1.54, 1.807) is 55.6 Å². The lowest BCUT2D eigenvalue weighted by Crippen LogP contribution is -2.25. The number of methoxy groups -OCH3 is 1. The fourth-order valence-corrected chi connectivity index (χ4v) is 6.48. The summed E-state index contributed by atoms with van der Waals surface area (Å²) in [6.07, 6.45) is 1.89. The summed E-state index contributed by atoms with van der Waals surface area (Å²) < 4.78 is 40.8. The molecule has 1 heterocycles. The number of sulfonamides is 1. The second-order valence-corrected chi connectivity index (χ2v) is 13.0. The molecule has 5 rings (SSSR count). The average Bonchev–Trinajstić information content (AvgIpc) is 3.72. The molecule has 1 aromatic heterocycles. The first-order chi connectivity index (χ1) is 19.1. The molecule has 0 aliphatic heterocycles. The van der Waals surface area contributed by atoms with E-state index in [2.05, 4.69) is 10.0 Å². The highest BCUT2D eigenvalue weighted by molar-refractivity contribution is 14.1. The third kappa shape index (κ3) is 6.04. The molecule has 4 aromatic rings. The predicted molar refractivity (Wildman–Crippen MR) is 162 cm³/mol. The van der Waals surface area contributed by atoms with E-state index in [9.17, 15) is 18.0 Å². The largest absolute Gasteiger partial charge is 0.465 e. The van der Waals surface area contributed by atoms with Crippen molar-refractivity contribution in [1.29, 1.82) is 0 Å². The highest BCUT2D eigenvalue weighted by Crippen LogP contribution is 2.45. The van der Waals surface area contributed by atoms with Crippen LogP contribution in [0.5, 0.6) is 0 Å². The zero-order chi connectivity index (χ0) is 28.6. The van der Waals surface area contributed by atoms with E-state index in [-0.39, 0.29) is 24.1 Å². The summed E-state index contributed by atoms with van der Waals surface area (Å²) in [4.78, 5) is 25.0. The second-order valence-electron chi connectivity index (χ2n) is 9.60. The van der Waals surface area contributed by atoms with Crippen molar-refractivity contribution in [2.24, 2.45) is 0 Å². The normalized spacial score (nSPS) is 13.4. The average molecular weight is 693 g/mol. The third-order valence-electron chi connectivity index (χ3n) is 6.81. The van der Waals surface area contributed by atoms with Crippen molar-refractivity contribution in [1.82, 2.24) is 10.0 Å². The molecule has 1 saturated carbocycles. The number of benzene rings is 3. The molecular weight excluding hydrogens is 667 g/mol. The Labute approximate surface area is 250 Å². The molecule has 8 nitrogen and oxygen atoms in total. The molecule has 0 bridgehead atoms. The number of furan rings is 1. The summed E-state index contributed by atoms with van der Waals surface area (Å²) in [5, 5.41) is 3.88. The maximum absolute atomic E-state index is 13.2. The van der Waals surface area contributed by atoms with Gasteiger partial charge in [0.05, 0.1) is 24.0 Å². The summed E-state index contributed by atoms with van der Waals surface area (Å²) >= 11 is 8.09. The van der Waals surface area contributed by atoms with Gasteiger partial charge < -0.3 is 14.5 Å². The topological polar surface area (TPSA) is 115 Å². The highest BCUT2D eigenvalue weighted by atomic mass is 127. The van der Waals surface area contributed by atoms with Gasteiger partial charge in [-0.25, -0.2) is 17.9 Å². The number of hydrogen-bond acceptors (Lipinski definition) is 6. The van der Waals surface area contributed by atoms with Crippen LogP contribution in [0.1, 0.15) is 56.2 Å². The van der Waals surface area contributed by atoms with Crippen LogP contribution in [-0.2, 0) is 27.1 Å². The van der Waals surface area contributed by atoms with E-state index in [0.29, 0.717) is 53.1 Å². The molecule has 0 saturated heterocycles. The van der Waals surface area contributed by atoms with E-state index in [0.717, 1.165) is 18.4 Å². The minimum Gasteiger partial charge on any atom is -0.465 e. The molecule has 1 fully saturated rings. The Kier molecular flexibility index (Phi) is 8.23. The van der Waals surface area contributed by atoms with Crippen molar-refractivity contribution in [3.05, 3.63) is 91.0 Å². The van der Waals surface area contributed by atoms with Crippen LogP contribution in [0, 0.1) is 3.57 Å². The SMILES string of the molecule is CNC(=O)c1c(-c2ccc(Cl)cc2)oc2cc(CS(=O)(=O)NCc3ccc(I)c(C(=O)OC)c3)c(C3CC3)cc12. The van der Waals surface area contributed by atoms with Gasteiger partial charge in [0.15, 0.2) is 0 Å². The number of nitrogens with one attached hydrogen (secondary N) is 2. The van der Waals surface area contributed by atoms with Gasteiger partial charge in [0, 0.05) is 33.1 Å². The number of ether oxygens (including phenoxy) is 1. The first-order valence-corrected chi connectivity index (χ1v) is 15.6. The smallest absolute Gasteiger partial charge is 0.338 e. The van der Waals surface area contributed by atoms with Crippen LogP contribution in [0.3, 0.4) is 0 Å². The lowest BCUT2D eigenvalue weighted by molar-refractivity contribution is 0.0599. The Bertz CT molecular complexity index is 1730. The van der Waals surface area contributed by atoms with Gasteiger partial charge in [0.1, 0.15) is 11.3 Å². The quantitative estimate of drug-likeness (QED) is 0.164. The molecule has 1 amide bonds. The van der Waals surface area contributed by atoms with E-state index in [1.165, 1.54) is 7.11 Å². The molecule has 1 aliphatic rings. The van der Waals surface area contributed by atoms with E-state index < -0.39 is 16.0 Å². The standard InChI is InChI=1S/C29H26ClIN2O6S/c1-32-28(34)26-23-13-21(17-4-5-17)19(12-25(23)39-27(26)18-6-8-20(30)9-7-18)15-40(36,37)33-14-16-3-10-24(31)22(11-16)29(35)38-2/h3,6-13,17,33H,4-5,14-15H2,1-2H3,(H,32,34). The summed E-state index contributed by atoms with van der Waals surface area (Å²) in [5.41, 5.74) is 4.05. The van der Waals surface area contributed by atoms with Gasteiger partial charge in [-0.1, -0.05) is 17.7 Å². The van der Waals surface area contributed by atoms with E-state index >= 15 is 0 Å². The van der Waals surface area contributed by atoms with Gasteiger partial charge in [-0.3, -0.25) is 4.79 Å². The van der Waals surface area contributed by atoms with Crippen molar-refractivity contribution in [3.63, 3.8) is 0 Å². The van der Waals surface area contributed by atoms with Gasteiger partial charge in [-0.05, 0) is 107 Å². The molecule has 0 spiro atoms. The fourth-order valence-electron chi connectivity index (χ4n) is 4.65. The number of hydrogen-bond donors (Lipinski definition) is 2. The lowest BCUT2D eigenvalue weighted by Gasteiger charge is -2.12. The number of carbonyl (C=O) groups is 2. The molecule has 0 unspecified atom stereocenters. The first kappa shape index (κ1) is 28.6. The van der Waals surface area contributed by atoms with Crippen molar-refractivity contribution in [2.45, 2.75) is 31.1 Å². The Morgan fingerprint density at radius 3 is 2.48 bits per heavy atom. The number of amides is 1. The van der Waals surface area contributed by atoms with Gasteiger partial charge in [0.25, 0.3) is 5.91 Å². The summed E-state index contributed by atoms with van der Waals surface area (Å²) in [5.74, 6) is -0.416. The van der Waals surface area contributed by atoms with Crippen LogP contribution in [0.15, 0.2) is 59.0 Å². The fraction of sp³-hybridized carbons (Fsp3) is 0.241. The maximum Gasteiger partial charge on any atom is 0.338 e. The molecule has 208 valence electrons. The van der Waals surface area contributed by atoms with Gasteiger partial charge >= 0.3 is 5.97 Å². The van der Waals surface area contributed by atoms with Crippen molar-refractivity contribution in [3.8, 4) is 11.3 Å². The second kappa shape index (κ2) is 11.5. The van der Waals surface area contributed by atoms with E-state index in [1.807, 2.05) is 28.7 Å². The van der Waals surface area contributed by atoms with Gasteiger partial charge in [0.2, 0.25) is 10.0 Å². The van der Waals surface area contributed by atoms with Crippen LogP contribution in [0.2, 0.25) is 5.02 Å². The van der Waals surface area contributed by atoms with Crippen LogP contribution < -0.4 is 10.0 Å². The monoisotopic (exact) mass is 692 g/mol. The minimum atomic E-state index is -3.76. The van der Waals surface area contributed by atoms with Crippen molar-refractivity contribution >= 4 is 67.1 Å². The third-order valence-corrected chi connectivity index (χ3v) is 9.27. The van der Waals surface area contributed by atoms with Gasteiger partial charge in [-0.15, -0.1) is 0 Å². The molecule has 40 heavy (non-hydrogen) atoms. The van der Waals surface area contributed by atoms with Crippen molar-refractivity contribution < 1.29 is 27.2 Å². The molecule has 1 aliphatic carbocycles. The Morgan fingerprint density at radius 1 is 1.10 bits per heavy atom. The van der Waals surface area contributed by atoms with Gasteiger partial charge in [-0.2, -0.15) is 0 Å². The number of carbonyl (C=O) groups excluding carboxylic acids is 2. The number of rotatable bonds is 9. The molecule has 0 atom stereocenters. The number of halogens is 2. The predicted octanol–water partition coefficient (Wildman–Crippen LogP) is 6.00. The Balaban J connectivity index is 1.48. The van der Waals surface area contributed by atoms with Crippen LogP contribution in [0.25, 0.3) is 22.3 Å². The highest BCUT2D eigenvalue weighted by Gasteiger charge is 2.31. The Hall–Kier alpha value is -2.93. The van der Waals surface area contributed by atoms with Crippen LogP contribution in [-0.4, -0.2) is 34.5 Å². The Morgan fingerprint density at radius 2 is 1.82 bits per heavy atom.